The average Bonchev–Trinajstić information content (AvgIpc) is 2.86. The molecule has 0 aromatic rings. The summed E-state index contributed by atoms with van der Waals surface area (Å²) in [4.78, 5) is 13.9. The van der Waals surface area contributed by atoms with Gasteiger partial charge < -0.3 is 5.11 Å². The lowest BCUT2D eigenvalue weighted by atomic mass is 9.89. The molecule has 3 heteroatoms. The van der Waals surface area contributed by atoms with Gasteiger partial charge in [-0.05, 0) is 32.1 Å². The molecule has 3 atom stereocenters. The number of nitrogens with zero attached hydrogens (tertiary/aromatic N) is 1. The van der Waals surface area contributed by atoms with Crippen LogP contribution in [0.3, 0.4) is 0 Å². The first kappa shape index (κ1) is 12.5. The maximum atomic E-state index is 11.3. The van der Waals surface area contributed by atoms with E-state index in [1.165, 1.54) is 51.4 Å². The Kier molecular flexibility index (Phi) is 3.60. The second-order valence-electron chi connectivity index (χ2n) is 6.43. The van der Waals surface area contributed by atoms with Crippen LogP contribution in [0.2, 0.25) is 0 Å². The van der Waals surface area contributed by atoms with Gasteiger partial charge in [-0.25, -0.2) is 0 Å². The Hall–Kier alpha value is -0.570. The first-order valence-electron chi connectivity index (χ1n) is 7.77. The van der Waals surface area contributed by atoms with Crippen molar-refractivity contribution in [2.24, 2.45) is 5.92 Å². The third-order valence-corrected chi connectivity index (χ3v) is 5.40. The molecule has 1 N–H and O–H groups in total. The van der Waals surface area contributed by atoms with E-state index in [2.05, 4.69) is 4.90 Å². The molecule has 0 spiro atoms. The average molecular weight is 251 g/mol. The monoisotopic (exact) mass is 251 g/mol. The lowest BCUT2D eigenvalue weighted by molar-refractivity contribution is -0.142. The maximum absolute atomic E-state index is 11.3. The van der Waals surface area contributed by atoms with Crippen molar-refractivity contribution in [3.8, 4) is 0 Å². The van der Waals surface area contributed by atoms with Crippen molar-refractivity contribution in [3.05, 3.63) is 0 Å². The van der Waals surface area contributed by atoms with Crippen LogP contribution in [0, 0.1) is 5.92 Å². The van der Waals surface area contributed by atoms with Crippen LogP contribution < -0.4 is 0 Å². The van der Waals surface area contributed by atoms with Gasteiger partial charge >= 0.3 is 5.97 Å². The molecule has 2 bridgehead atoms. The molecule has 3 unspecified atom stereocenters. The standard InChI is InChI=1S/C15H25NO2/c17-15(18)13-10-12-8-9-14(13)16(12)11-6-4-2-1-3-5-7-11/h11-14H,1-10H2,(H,17,18). The molecular formula is C15H25NO2. The van der Waals surface area contributed by atoms with Crippen molar-refractivity contribution < 1.29 is 9.90 Å². The fourth-order valence-corrected chi connectivity index (χ4v) is 4.60. The molecule has 2 aliphatic heterocycles. The van der Waals surface area contributed by atoms with E-state index < -0.39 is 5.97 Å². The molecule has 102 valence electrons. The lowest BCUT2D eigenvalue weighted by Gasteiger charge is -2.33. The summed E-state index contributed by atoms with van der Waals surface area (Å²) in [6, 6.07) is 1.63. The van der Waals surface area contributed by atoms with E-state index in [-0.39, 0.29) is 5.92 Å². The zero-order chi connectivity index (χ0) is 12.5. The van der Waals surface area contributed by atoms with E-state index in [9.17, 15) is 9.90 Å². The van der Waals surface area contributed by atoms with E-state index in [0.717, 1.165) is 12.8 Å². The quantitative estimate of drug-likeness (QED) is 0.820. The van der Waals surface area contributed by atoms with Crippen molar-refractivity contribution >= 4 is 5.97 Å². The van der Waals surface area contributed by atoms with Crippen LogP contribution in [-0.4, -0.2) is 34.1 Å². The third kappa shape index (κ3) is 2.18. The van der Waals surface area contributed by atoms with Gasteiger partial charge in [0, 0.05) is 18.1 Å². The lowest BCUT2D eigenvalue weighted by Crippen LogP contribution is -2.41. The summed E-state index contributed by atoms with van der Waals surface area (Å²) in [6.45, 7) is 0. The molecule has 0 aromatic heterocycles. The molecule has 2 saturated heterocycles. The number of carbonyl (C=O) groups is 1. The molecule has 1 aliphatic carbocycles. The van der Waals surface area contributed by atoms with E-state index in [4.69, 9.17) is 0 Å². The molecule has 18 heavy (non-hydrogen) atoms. The largest absolute Gasteiger partial charge is 0.481 e. The van der Waals surface area contributed by atoms with Crippen LogP contribution in [0.5, 0.6) is 0 Å². The molecule has 3 aliphatic rings. The van der Waals surface area contributed by atoms with Crippen LogP contribution in [0.1, 0.15) is 64.2 Å². The number of aliphatic carboxylic acids is 1. The highest BCUT2D eigenvalue weighted by atomic mass is 16.4. The van der Waals surface area contributed by atoms with Gasteiger partial charge in [0.05, 0.1) is 5.92 Å². The zero-order valence-corrected chi connectivity index (χ0v) is 11.2. The Labute approximate surface area is 110 Å². The topological polar surface area (TPSA) is 40.5 Å². The van der Waals surface area contributed by atoms with Gasteiger partial charge in [0.2, 0.25) is 0 Å². The van der Waals surface area contributed by atoms with Gasteiger partial charge in [-0.15, -0.1) is 0 Å². The molecular weight excluding hydrogens is 226 g/mol. The fraction of sp³-hybridized carbons (Fsp3) is 0.933. The van der Waals surface area contributed by atoms with E-state index in [0.29, 0.717) is 18.1 Å². The number of rotatable bonds is 2. The van der Waals surface area contributed by atoms with Gasteiger partial charge in [-0.1, -0.05) is 32.1 Å². The van der Waals surface area contributed by atoms with Crippen LogP contribution in [0.15, 0.2) is 0 Å². The fourth-order valence-electron chi connectivity index (χ4n) is 4.60. The van der Waals surface area contributed by atoms with Crippen molar-refractivity contribution in [1.29, 1.82) is 0 Å². The number of fused-ring (bicyclic) bond motifs is 2. The Morgan fingerprint density at radius 3 is 2.17 bits per heavy atom. The summed E-state index contributed by atoms with van der Waals surface area (Å²) in [5.41, 5.74) is 0. The van der Waals surface area contributed by atoms with Gasteiger partial charge in [0.25, 0.3) is 0 Å². The van der Waals surface area contributed by atoms with Gasteiger partial charge in [0.1, 0.15) is 0 Å². The molecule has 2 heterocycles. The summed E-state index contributed by atoms with van der Waals surface area (Å²) >= 11 is 0. The van der Waals surface area contributed by atoms with Gasteiger partial charge in [0.15, 0.2) is 0 Å². The predicted octanol–water partition coefficient (Wildman–Crippen LogP) is 3.04. The molecule has 0 radical (unpaired) electrons. The second kappa shape index (κ2) is 5.20. The van der Waals surface area contributed by atoms with Crippen molar-refractivity contribution in [1.82, 2.24) is 4.90 Å². The van der Waals surface area contributed by atoms with Crippen molar-refractivity contribution in [3.63, 3.8) is 0 Å². The summed E-state index contributed by atoms with van der Waals surface area (Å²) in [5.74, 6) is -0.632. The Morgan fingerprint density at radius 2 is 1.56 bits per heavy atom. The Morgan fingerprint density at radius 1 is 0.889 bits per heavy atom. The highest BCUT2D eigenvalue weighted by Gasteiger charge is 2.51. The summed E-state index contributed by atoms with van der Waals surface area (Å²) in [7, 11) is 0. The van der Waals surface area contributed by atoms with Gasteiger partial charge in [-0.2, -0.15) is 0 Å². The minimum Gasteiger partial charge on any atom is -0.481 e. The third-order valence-electron chi connectivity index (χ3n) is 5.40. The predicted molar refractivity (Wildman–Crippen MR) is 70.5 cm³/mol. The molecule has 3 nitrogen and oxygen atoms in total. The van der Waals surface area contributed by atoms with Crippen LogP contribution in [0.25, 0.3) is 0 Å². The molecule has 0 aromatic carbocycles. The number of hydrogen-bond donors (Lipinski definition) is 1. The first-order valence-corrected chi connectivity index (χ1v) is 7.77. The number of carboxylic acids is 1. The normalized spacial score (nSPS) is 38.6. The van der Waals surface area contributed by atoms with Gasteiger partial charge in [-0.3, -0.25) is 9.69 Å². The molecule has 0 amide bonds. The van der Waals surface area contributed by atoms with Crippen molar-refractivity contribution in [2.45, 2.75) is 82.3 Å². The smallest absolute Gasteiger partial charge is 0.308 e. The summed E-state index contributed by atoms with van der Waals surface area (Å²) in [6.07, 6.45) is 12.7. The highest BCUT2D eigenvalue weighted by Crippen LogP contribution is 2.44. The summed E-state index contributed by atoms with van der Waals surface area (Å²) in [5, 5.41) is 9.33. The van der Waals surface area contributed by atoms with E-state index in [1.54, 1.807) is 0 Å². The van der Waals surface area contributed by atoms with E-state index >= 15 is 0 Å². The second-order valence-corrected chi connectivity index (χ2v) is 6.43. The molecule has 3 rings (SSSR count). The van der Waals surface area contributed by atoms with Crippen molar-refractivity contribution in [2.75, 3.05) is 0 Å². The Bertz CT molecular complexity index is 310. The number of hydrogen-bond acceptors (Lipinski definition) is 2. The Balaban J connectivity index is 1.69. The maximum Gasteiger partial charge on any atom is 0.308 e. The zero-order valence-electron chi connectivity index (χ0n) is 11.2. The van der Waals surface area contributed by atoms with Crippen LogP contribution in [-0.2, 0) is 4.79 Å². The first-order chi connectivity index (χ1) is 8.77. The summed E-state index contributed by atoms with van der Waals surface area (Å²) < 4.78 is 0. The van der Waals surface area contributed by atoms with Crippen LogP contribution >= 0.6 is 0 Å². The molecule has 3 fully saturated rings. The number of carboxylic acid groups (broad SMARTS) is 1. The minimum atomic E-state index is -0.557. The SMILES string of the molecule is O=C(O)C1CC2CCC1N2C1CCCCCCC1. The minimum absolute atomic E-state index is 0.0748. The highest BCUT2D eigenvalue weighted by molar-refractivity contribution is 5.71. The van der Waals surface area contributed by atoms with E-state index in [1.807, 2.05) is 0 Å². The van der Waals surface area contributed by atoms with Crippen LogP contribution in [0.4, 0.5) is 0 Å². The molecule has 1 saturated carbocycles.